The van der Waals surface area contributed by atoms with Crippen LogP contribution in [0, 0.1) is 5.41 Å². The average molecular weight is 527 g/mol. The highest BCUT2D eigenvalue weighted by molar-refractivity contribution is 5.87. The number of carbonyl (C=O) groups excluding carboxylic acids is 4. The molecule has 0 radical (unpaired) electrons. The molecule has 1 aliphatic rings. The fraction of sp³-hybridized carbons (Fsp3) is 0.429. The number of esters is 2. The molecule has 0 aliphatic heterocycles. The Hall–Kier alpha value is -3.76. The smallest absolute Gasteiger partial charge is 0.331 e. The fourth-order valence-electron chi connectivity index (χ4n) is 4.28. The molecule has 2 atom stereocenters. The van der Waals surface area contributed by atoms with Crippen LogP contribution in [0.2, 0.25) is 0 Å². The Bertz CT molecular complexity index is 991. The van der Waals surface area contributed by atoms with E-state index in [0.29, 0.717) is 12.8 Å². The highest BCUT2D eigenvalue weighted by atomic mass is 16.5. The molecule has 0 unspecified atom stereocenters. The van der Waals surface area contributed by atoms with Crippen LogP contribution in [0.5, 0.6) is 0 Å². The molecule has 0 heterocycles. The van der Waals surface area contributed by atoms with Crippen molar-refractivity contribution in [2.45, 2.75) is 57.4 Å². The number of benzene rings is 2. The van der Waals surface area contributed by atoms with E-state index in [9.17, 15) is 29.4 Å². The molecule has 1 fully saturated rings. The topological polar surface area (TPSA) is 151 Å². The summed E-state index contributed by atoms with van der Waals surface area (Å²) in [7, 11) is 0. The van der Waals surface area contributed by atoms with Crippen molar-refractivity contribution in [1.82, 2.24) is 10.6 Å². The Kier molecular flexibility index (Phi) is 10.8. The van der Waals surface area contributed by atoms with Gasteiger partial charge in [-0.3, -0.25) is 9.59 Å². The molecular weight excluding hydrogens is 492 g/mol. The Labute approximate surface area is 221 Å². The molecule has 2 aromatic rings. The first-order valence-corrected chi connectivity index (χ1v) is 12.6. The molecule has 1 saturated carbocycles. The molecule has 2 amide bonds. The lowest BCUT2D eigenvalue weighted by atomic mass is 9.64. The summed E-state index contributed by atoms with van der Waals surface area (Å²) < 4.78 is 10.4. The first kappa shape index (κ1) is 28.8. The number of rotatable bonds is 14. The predicted octanol–water partition coefficient (Wildman–Crippen LogP) is 1.38. The van der Waals surface area contributed by atoms with Crippen LogP contribution in [0.25, 0.3) is 0 Å². The van der Waals surface area contributed by atoms with Crippen LogP contribution in [-0.2, 0) is 41.9 Å². The van der Waals surface area contributed by atoms with Gasteiger partial charge in [0.05, 0.1) is 13.2 Å². The summed E-state index contributed by atoms with van der Waals surface area (Å²) in [4.78, 5) is 50.1. The quantitative estimate of drug-likeness (QED) is 0.270. The lowest BCUT2D eigenvalue weighted by Crippen LogP contribution is -2.49. The Morgan fingerprint density at radius 3 is 1.42 bits per heavy atom. The van der Waals surface area contributed by atoms with E-state index in [1.165, 1.54) is 0 Å². The molecule has 0 bridgehead atoms. The third-order valence-electron chi connectivity index (χ3n) is 6.54. The minimum absolute atomic E-state index is 0.00988. The van der Waals surface area contributed by atoms with Crippen molar-refractivity contribution in [2.24, 2.45) is 5.41 Å². The molecule has 38 heavy (non-hydrogen) atoms. The molecule has 10 nitrogen and oxygen atoms in total. The SMILES string of the molecule is O=C(CC1(CC(=O)N[C@H](CO)C(=O)OCc2ccccc2)CCC1)N[C@H](CO)C(=O)OCc1ccccc1. The van der Waals surface area contributed by atoms with E-state index in [1.54, 1.807) is 48.5 Å². The summed E-state index contributed by atoms with van der Waals surface area (Å²) in [5, 5.41) is 24.2. The molecule has 2 aromatic carbocycles. The van der Waals surface area contributed by atoms with Gasteiger partial charge in [-0.2, -0.15) is 0 Å². The van der Waals surface area contributed by atoms with Gasteiger partial charge in [0.1, 0.15) is 13.2 Å². The molecule has 1 aliphatic carbocycles. The van der Waals surface area contributed by atoms with E-state index in [4.69, 9.17) is 9.47 Å². The zero-order chi connectivity index (χ0) is 27.4. The second kappa shape index (κ2) is 14.3. The van der Waals surface area contributed by atoms with Crippen molar-refractivity contribution in [3.63, 3.8) is 0 Å². The molecule has 0 saturated heterocycles. The first-order chi connectivity index (χ1) is 18.3. The summed E-state index contributed by atoms with van der Waals surface area (Å²) in [6.45, 7) is -1.24. The van der Waals surface area contributed by atoms with Gasteiger partial charge in [0.25, 0.3) is 0 Å². The number of aliphatic hydroxyl groups excluding tert-OH is 2. The van der Waals surface area contributed by atoms with Crippen molar-refractivity contribution in [3.05, 3.63) is 71.8 Å². The van der Waals surface area contributed by atoms with Crippen molar-refractivity contribution in [1.29, 1.82) is 0 Å². The number of ether oxygens (including phenoxy) is 2. The highest BCUT2D eigenvalue weighted by Crippen LogP contribution is 2.46. The minimum atomic E-state index is -1.23. The van der Waals surface area contributed by atoms with Crippen molar-refractivity contribution < 1.29 is 38.9 Å². The first-order valence-electron chi connectivity index (χ1n) is 12.6. The lowest BCUT2D eigenvalue weighted by molar-refractivity contribution is -0.151. The van der Waals surface area contributed by atoms with E-state index in [2.05, 4.69) is 10.6 Å². The van der Waals surface area contributed by atoms with Crippen molar-refractivity contribution in [3.8, 4) is 0 Å². The van der Waals surface area contributed by atoms with Gasteiger partial charge in [0, 0.05) is 12.8 Å². The van der Waals surface area contributed by atoms with Crippen LogP contribution < -0.4 is 10.6 Å². The van der Waals surface area contributed by atoms with E-state index in [1.807, 2.05) is 12.1 Å². The number of hydrogen-bond acceptors (Lipinski definition) is 8. The van der Waals surface area contributed by atoms with Gasteiger partial charge in [0.15, 0.2) is 12.1 Å². The van der Waals surface area contributed by atoms with Gasteiger partial charge in [-0.1, -0.05) is 67.1 Å². The van der Waals surface area contributed by atoms with E-state index < -0.39 is 54.5 Å². The van der Waals surface area contributed by atoms with Gasteiger partial charge >= 0.3 is 11.9 Å². The number of amides is 2. The molecule has 0 aromatic heterocycles. The third-order valence-corrected chi connectivity index (χ3v) is 6.54. The van der Waals surface area contributed by atoms with Crippen LogP contribution in [0.3, 0.4) is 0 Å². The third kappa shape index (κ3) is 8.67. The zero-order valence-electron chi connectivity index (χ0n) is 21.1. The zero-order valence-corrected chi connectivity index (χ0v) is 21.1. The van der Waals surface area contributed by atoms with Crippen LogP contribution in [-0.4, -0.2) is 59.3 Å². The predicted molar refractivity (Wildman–Crippen MR) is 136 cm³/mol. The molecule has 4 N–H and O–H groups in total. The van der Waals surface area contributed by atoms with Crippen LogP contribution in [0.4, 0.5) is 0 Å². The van der Waals surface area contributed by atoms with E-state index in [-0.39, 0.29) is 26.1 Å². The van der Waals surface area contributed by atoms with Crippen LogP contribution in [0.15, 0.2) is 60.7 Å². The van der Waals surface area contributed by atoms with Crippen molar-refractivity contribution >= 4 is 23.8 Å². The van der Waals surface area contributed by atoms with Crippen LogP contribution in [0.1, 0.15) is 43.2 Å². The second-order valence-electron chi connectivity index (χ2n) is 9.50. The molecule has 0 spiro atoms. The summed E-state index contributed by atoms with van der Waals surface area (Å²) in [5.41, 5.74) is 0.901. The van der Waals surface area contributed by atoms with E-state index in [0.717, 1.165) is 17.5 Å². The average Bonchev–Trinajstić information content (AvgIpc) is 2.91. The van der Waals surface area contributed by atoms with Crippen LogP contribution >= 0.6 is 0 Å². The maximum Gasteiger partial charge on any atom is 0.331 e. The maximum atomic E-state index is 12.7. The van der Waals surface area contributed by atoms with Gasteiger partial charge in [-0.15, -0.1) is 0 Å². The summed E-state index contributed by atoms with van der Waals surface area (Å²) in [6, 6.07) is 15.6. The lowest BCUT2D eigenvalue weighted by Gasteiger charge is -2.41. The molecular formula is C28H34N2O8. The number of nitrogens with one attached hydrogen (secondary N) is 2. The normalized spacial score (nSPS) is 15.3. The highest BCUT2D eigenvalue weighted by Gasteiger charge is 2.41. The molecule has 3 rings (SSSR count). The van der Waals surface area contributed by atoms with Gasteiger partial charge in [-0.25, -0.2) is 9.59 Å². The Balaban J connectivity index is 1.47. The number of carbonyl (C=O) groups is 4. The monoisotopic (exact) mass is 526 g/mol. The number of hydrogen-bond donors (Lipinski definition) is 4. The number of aliphatic hydroxyl groups is 2. The maximum absolute atomic E-state index is 12.7. The van der Waals surface area contributed by atoms with Gasteiger partial charge in [-0.05, 0) is 29.4 Å². The largest absolute Gasteiger partial charge is 0.459 e. The van der Waals surface area contributed by atoms with Gasteiger partial charge < -0.3 is 30.3 Å². The molecule has 204 valence electrons. The van der Waals surface area contributed by atoms with Gasteiger partial charge in [0.2, 0.25) is 11.8 Å². The minimum Gasteiger partial charge on any atom is -0.459 e. The Morgan fingerprint density at radius 2 is 1.11 bits per heavy atom. The van der Waals surface area contributed by atoms with Crippen molar-refractivity contribution in [2.75, 3.05) is 13.2 Å². The standard InChI is InChI=1S/C28H34N2O8/c31-16-22(26(35)37-18-20-8-3-1-4-9-20)29-24(33)14-28(12-7-13-28)15-25(34)30-23(17-32)27(36)38-19-21-10-5-2-6-11-21/h1-6,8-11,22-23,31-32H,7,12-19H2,(H,29,33)(H,30,34)/t22-,23-/m1/s1. The fourth-order valence-corrected chi connectivity index (χ4v) is 4.28. The molecule has 10 heteroatoms. The summed E-state index contributed by atoms with van der Waals surface area (Å²) >= 11 is 0. The second-order valence-corrected chi connectivity index (χ2v) is 9.50. The summed E-state index contributed by atoms with van der Waals surface area (Å²) in [5.74, 6) is -2.50. The van der Waals surface area contributed by atoms with E-state index >= 15 is 0 Å². The summed E-state index contributed by atoms with van der Waals surface area (Å²) in [6.07, 6.45) is 1.97. The Morgan fingerprint density at radius 1 is 0.711 bits per heavy atom.